The number of esters is 1. The number of benzene rings is 2. The zero-order valence-electron chi connectivity index (χ0n) is 19.2. The van der Waals surface area contributed by atoms with Crippen LogP contribution in [-0.4, -0.2) is 19.2 Å². The molecule has 190 valence electrons. The molecule has 0 radical (unpaired) electrons. The van der Waals surface area contributed by atoms with Gasteiger partial charge in [-0.2, -0.15) is 0 Å². The summed E-state index contributed by atoms with van der Waals surface area (Å²) in [5, 5.41) is 0. The normalized spacial score (nSPS) is 16.5. The molecule has 0 amide bonds. The molecule has 2 aliphatic heterocycles. The number of halogens is 5. The highest BCUT2D eigenvalue weighted by Gasteiger charge is 2.27. The Morgan fingerprint density at radius 3 is 1.94 bits per heavy atom. The topological polar surface area (TPSA) is 44.8 Å². The van der Waals surface area contributed by atoms with Gasteiger partial charge in [-0.1, -0.05) is 12.2 Å². The van der Waals surface area contributed by atoms with Gasteiger partial charge in [-0.05, 0) is 69.6 Å². The van der Waals surface area contributed by atoms with Gasteiger partial charge in [0.05, 0.1) is 18.8 Å². The van der Waals surface area contributed by atoms with Crippen LogP contribution in [0.5, 0.6) is 11.5 Å². The van der Waals surface area contributed by atoms with Gasteiger partial charge in [0.15, 0.2) is 23.3 Å². The van der Waals surface area contributed by atoms with Crippen molar-refractivity contribution in [2.24, 2.45) is 0 Å². The van der Waals surface area contributed by atoms with Gasteiger partial charge in [-0.25, -0.2) is 26.7 Å². The lowest BCUT2D eigenvalue weighted by molar-refractivity contribution is 0.0456. The van der Waals surface area contributed by atoms with Crippen LogP contribution in [0.15, 0.2) is 30.4 Å². The van der Waals surface area contributed by atoms with E-state index in [2.05, 4.69) is 12.2 Å². The van der Waals surface area contributed by atoms with E-state index in [0.717, 1.165) is 51.4 Å². The molecule has 2 heterocycles. The van der Waals surface area contributed by atoms with Crippen LogP contribution in [0.4, 0.5) is 22.0 Å². The molecule has 0 aliphatic carbocycles. The van der Waals surface area contributed by atoms with Crippen molar-refractivity contribution in [1.82, 2.24) is 0 Å². The highest BCUT2D eigenvalue weighted by molar-refractivity contribution is 5.93. The summed E-state index contributed by atoms with van der Waals surface area (Å²) in [7, 11) is 0. The first kappa shape index (κ1) is 26.5. The molecule has 0 fully saturated rings. The molecular weight excluding hydrogens is 471 g/mol. The van der Waals surface area contributed by atoms with E-state index in [4.69, 9.17) is 14.2 Å². The van der Waals surface area contributed by atoms with Gasteiger partial charge < -0.3 is 14.2 Å². The summed E-state index contributed by atoms with van der Waals surface area (Å²) < 4.78 is 84.4. The van der Waals surface area contributed by atoms with Gasteiger partial charge in [-0.15, -0.1) is 0 Å². The maximum Gasteiger partial charge on any atom is 0.342 e. The second-order valence-electron chi connectivity index (χ2n) is 8.15. The van der Waals surface area contributed by atoms with Crippen molar-refractivity contribution in [3.63, 3.8) is 0 Å². The number of allylic oxidation sites excluding steroid dienone is 2. The first-order chi connectivity index (χ1) is 16.9. The van der Waals surface area contributed by atoms with Crippen LogP contribution in [0.1, 0.15) is 67.3 Å². The van der Waals surface area contributed by atoms with Crippen molar-refractivity contribution < 1.29 is 41.0 Å². The number of carbonyl (C=O) groups is 1. The minimum atomic E-state index is -2.28. The standard InChI is InChI=1S/C26H27F5O4/c27-21-19(22(28)24(30)25(31)23(21)29)16-35-26(32)18-15-17-11-12-20(18)34-14-10-8-6-4-2-1-3-5-7-9-13-33-17/h1-2,11-12,15H,3-10,13-14,16H2/b2-1-. The van der Waals surface area contributed by atoms with E-state index in [1.54, 1.807) is 6.07 Å². The maximum absolute atomic E-state index is 13.9. The number of hydrogen-bond donors (Lipinski definition) is 0. The smallest absolute Gasteiger partial charge is 0.342 e. The molecule has 0 saturated carbocycles. The first-order valence-electron chi connectivity index (χ1n) is 11.6. The Bertz CT molecular complexity index is 1030. The Morgan fingerprint density at radius 1 is 0.743 bits per heavy atom. The second-order valence-corrected chi connectivity index (χ2v) is 8.15. The Hall–Kier alpha value is -3.10. The highest BCUT2D eigenvalue weighted by atomic mass is 19.2. The van der Waals surface area contributed by atoms with Crippen LogP contribution in [0, 0.1) is 29.1 Å². The summed E-state index contributed by atoms with van der Waals surface area (Å²) in [6, 6.07) is 4.53. The van der Waals surface area contributed by atoms with Crippen LogP contribution in [0.25, 0.3) is 0 Å². The fourth-order valence-corrected chi connectivity index (χ4v) is 3.57. The molecule has 0 aromatic heterocycles. The Morgan fingerprint density at radius 2 is 1.31 bits per heavy atom. The summed E-state index contributed by atoms with van der Waals surface area (Å²) in [5.74, 6) is -11.1. The van der Waals surface area contributed by atoms with Crippen LogP contribution in [0.2, 0.25) is 0 Å². The molecular formula is C26H27F5O4. The summed E-state index contributed by atoms with van der Waals surface area (Å²) >= 11 is 0. The first-order valence-corrected chi connectivity index (χ1v) is 11.6. The minimum Gasteiger partial charge on any atom is -0.494 e. The van der Waals surface area contributed by atoms with E-state index in [1.165, 1.54) is 12.1 Å². The summed E-state index contributed by atoms with van der Waals surface area (Å²) in [5.41, 5.74) is -1.31. The number of rotatable bonds is 3. The van der Waals surface area contributed by atoms with Crippen molar-refractivity contribution >= 4 is 5.97 Å². The van der Waals surface area contributed by atoms with E-state index >= 15 is 0 Å². The maximum atomic E-state index is 13.9. The molecule has 0 atom stereocenters. The van der Waals surface area contributed by atoms with Gasteiger partial charge >= 0.3 is 5.97 Å². The molecule has 0 saturated heterocycles. The lowest BCUT2D eigenvalue weighted by Gasteiger charge is -2.14. The number of ether oxygens (including phenoxy) is 3. The molecule has 2 aromatic carbocycles. The Kier molecular flexibility index (Phi) is 9.93. The molecule has 0 N–H and O–H groups in total. The molecule has 35 heavy (non-hydrogen) atoms. The summed E-state index contributed by atoms with van der Waals surface area (Å²) in [6.07, 6.45) is 11.9. The van der Waals surface area contributed by atoms with Crippen LogP contribution in [0.3, 0.4) is 0 Å². The monoisotopic (exact) mass is 498 g/mol. The zero-order valence-corrected chi connectivity index (χ0v) is 19.2. The number of hydrogen-bond acceptors (Lipinski definition) is 4. The quantitative estimate of drug-likeness (QED) is 0.148. The summed E-state index contributed by atoms with van der Waals surface area (Å²) in [6.45, 7) is -0.409. The Labute approximate surface area is 200 Å². The predicted molar refractivity (Wildman–Crippen MR) is 119 cm³/mol. The number of fused-ring (bicyclic) bond motifs is 14. The summed E-state index contributed by atoms with van der Waals surface area (Å²) in [4.78, 5) is 12.7. The SMILES string of the molecule is O=C(OCc1c(F)c(F)c(F)c(F)c1F)c1cc2ccc1OCCCCC/C=C\CCCCCO2. The third kappa shape index (κ3) is 7.19. The van der Waals surface area contributed by atoms with Gasteiger partial charge in [0, 0.05) is 0 Å². The lowest BCUT2D eigenvalue weighted by Crippen LogP contribution is -2.13. The van der Waals surface area contributed by atoms with Crippen LogP contribution in [-0.2, 0) is 11.3 Å². The van der Waals surface area contributed by atoms with E-state index in [9.17, 15) is 26.7 Å². The molecule has 2 aromatic rings. The van der Waals surface area contributed by atoms with E-state index in [1.807, 2.05) is 0 Å². The highest BCUT2D eigenvalue weighted by Crippen LogP contribution is 2.28. The number of carbonyl (C=O) groups excluding carboxylic acids is 1. The molecule has 4 nitrogen and oxygen atoms in total. The van der Waals surface area contributed by atoms with E-state index in [0.29, 0.717) is 19.0 Å². The van der Waals surface area contributed by atoms with Crippen LogP contribution < -0.4 is 9.47 Å². The van der Waals surface area contributed by atoms with Crippen molar-refractivity contribution in [1.29, 1.82) is 0 Å². The molecule has 9 heteroatoms. The molecule has 4 rings (SSSR count). The fraction of sp³-hybridized carbons (Fsp3) is 0.423. The third-order valence-electron chi connectivity index (χ3n) is 5.54. The fourth-order valence-electron chi connectivity index (χ4n) is 3.57. The molecule has 0 unspecified atom stereocenters. The van der Waals surface area contributed by atoms with Crippen molar-refractivity contribution in [2.45, 2.75) is 58.0 Å². The van der Waals surface area contributed by atoms with Crippen molar-refractivity contribution in [2.75, 3.05) is 13.2 Å². The average Bonchev–Trinajstić information content (AvgIpc) is 2.86. The second kappa shape index (κ2) is 13.1. The van der Waals surface area contributed by atoms with Crippen molar-refractivity contribution in [3.05, 3.63) is 70.6 Å². The average molecular weight is 498 g/mol. The zero-order chi connectivity index (χ0) is 25.2. The van der Waals surface area contributed by atoms with E-state index < -0.39 is 47.2 Å². The van der Waals surface area contributed by atoms with Gasteiger partial charge in [0.25, 0.3) is 0 Å². The van der Waals surface area contributed by atoms with Gasteiger partial charge in [0.1, 0.15) is 23.7 Å². The van der Waals surface area contributed by atoms with Crippen LogP contribution >= 0.6 is 0 Å². The lowest BCUT2D eigenvalue weighted by atomic mass is 10.1. The molecule has 0 spiro atoms. The van der Waals surface area contributed by atoms with Crippen molar-refractivity contribution in [3.8, 4) is 11.5 Å². The predicted octanol–water partition coefficient (Wildman–Crippen LogP) is 7.19. The largest absolute Gasteiger partial charge is 0.494 e. The molecule has 2 bridgehead atoms. The Balaban J connectivity index is 1.76. The minimum absolute atomic E-state index is 0.0737. The third-order valence-corrected chi connectivity index (χ3v) is 5.54. The molecule has 2 aliphatic rings. The van der Waals surface area contributed by atoms with Gasteiger partial charge in [0.2, 0.25) is 5.82 Å². The van der Waals surface area contributed by atoms with Gasteiger partial charge in [-0.3, -0.25) is 0 Å². The van der Waals surface area contributed by atoms with E-state index in [-0.39, 0.29) is 11.3 Å².